The highest BCUT2D eigenvalue weighted by Gasteiger charge is 2.16. The van der Waals surface area contributed by atoms with Crippen LogP contribution < -0.4 is 5.32 Å². The van der Waals surface area contributed by atoms with Crippen LogP contribution >= 0.6 is 39.0 Å². The molecule has 2 aromatic heterocycles. The number of halogens is 1. The number of methoxy groups -OCH3 is 1. The monoisotopic (exact) mass is 451 g/mol. The van der Waals surface area contributed by atoms with Crippen molar-refractivity contribution in [3.63, 3.8) is 0 Å². The molecule has 0 bridgehead atoms. The van der Waals surface area contributed by atoms with Crippen molar-refractivity contribution in [2.45, 2.75) is 5.16 Å². The minimum absolute atomic E-state index is 0.171. The number of hydrogen-bond acceptors (Lipinski definition) is 6. The predicted octanol–water partition coefficient (Wildman–Crippen LogP) is 4.21. The number of ether oxygens (including phenoxy) is 1. The van der Waals surface area contributed by atoms with Gasteiger partial charge in [0.2, 0.25) is 5.91 Å². The van der Waals surface area contributed by atoms with Gasteiger partial charge in [-0.3, -0.25) is 9.36 Å². The Balaban J connectivity index is 1.64. The molecule has 26 heavy (non-hydrogen) atoms. The average molecular weight is 452 g/mol. The number of amides is 1. The second-order valence-electron chi connectivity index (χ2n) is 5.05. The van der Waals surface area contributed by atoms with E-state index in [4.69, 9.17) is 4.74 Å². The van der Waals surface area contributed by atoms with Crippen LogP contribution in [0.2, 0.25) is 0 Å². The Morgan fingerprint density at radius 2 is 2.08 bits per heavy atom. The van der Waals surface area contributed by atoms with Gasteiger partial charge in [0.15, 0.2) is 5.16 Å². The fourth-order valence-electron chi connectivity index (χ4n) is 2.17. The highest BCUT2D eigenvalue weighted by molar-refractivity contribution is 9.10. The fraction of sp³-hybridized carbons (Fsp3) is 0.118. The number of thiophene rings is 1. The Hall–Kier alpha value is -2.10. The van der Waals surface area contributed by atoms with E-state index < -0.39 is 5.97 Å². The van der Waals surface area contributed by atoms with E-state index in [1.165, 1.54) is 30.2 Å². The van der Waals surface area contributed by atoms with Crippen LogP contribution in [-0.2, 0) is 9.53 Å². The van der Waals surface area contributed by atoms with Crippen LogP contribution in [0.4, 0.5) is 5.69 Å². The van der Waals surface area contributed by atoms with E-state index in [2.05, 4.69) is 26.2 Å². The van der Waals surface area contributed by atoms with Gasteiger partial charge in [0.25, 0.3) is 0 Å². The molecule has 0 saturated heterocycles. The van der Waals surface area contributed by atoms with Crippen LogP contribution in [0, 0.1) is 0 Å². The van der Waals surface area contributed by atoms with E-state index in [1.54, 1.807) is 17.6 Å². The lowest BCUT2D eigenvalue weighted by atomic mass is 10.3. The average Bonchev–Trinajstić information content (AvgIpc) is 3.29. The molecule has 0 saturated carbocycles. The molecule has 9 heteroatoms. The molecule has 0 aliphatic rings. The van der Waals surface area contributed by atoms with Crippen molar-refractivity contribution in [1.82, 2.24) is 9.55 Å². The molecule has 0 fully saturated rings. The Kier molecular flexibility index (Phi) is 6.12. The van der Waals surface area contributed by atoms with Gasteiger partial charge in [-0.15, -0.1) is 11.3 Å². The normalized spacial score (nSPS) is 10.5. The summed E-state index contributed by atoms with van der Waals surface area (Å²) in [6.45, 7) is 0. The summed E-state index contributed by atoms with van der Waals surface area (Å²) in [5.74, 6) is -0.512. The number of thioether (sulfide) groups is 1. The first kappa shape index (κ1) is 18.7. The summed E-state index contributed by atoms with van der Waals surface area (Å²) in [5.41, 5.74) is 1.42. The number of nitrogens with zero attached hydrogens (tertiary/aromatic N) is 2. The van der Waals surface area contributed by atoms with Gasteiger partial charge in [0.1, 0.15) is 4.88 Å². The number of aromatic nitrogens is 2. The van der Waals surface area contributed by atoms with Crippen molar-refractivity contribution in [2.75, 3.05) is 18.2 Å². The Morgan fingerprint density at radius 3 is 2.81 bits per heavy atom. The molecule has 0 unspecified atom stereocenters. The Bertz CT molecular complexity index is 921. The van der Waals surface area contributed by atoms with E-state index in [0.29, 0.717) is 15.7 Å². The minimum atomic E-state index is -0.464. The van der Waals surface area contributed by atoms with E-state index in [1.807, 2.05) is 35.0 Å². The van der Waals surface area contributed by atoms with Crippen LogP contribution in [0.5, 0.6) is 0 Å². The van der Waals surface area contributed by atoms with Crippen LogP contribution in [0.25, 0.3) is 5.69 Å². The molecular formula is C17H14BrN3O3S2. The first-order valence-corrected chi connectivity index (χ1v) is 10.1. The zero-order valence-electron chi connectivity index (χ0n) is 13.6. The van der Waals surface area contributed by atoms with Crippen molar-refractivity contribution in [1.29, 1.82) is 0 Å². The maximum Gasteiger partial charge on any atom is 0.350 e. The lowest BCUT2D eigenvalue weighted by molar-refractivity contribution is -0.113. The molecule has 0 aliphatic heterocycles. The quantitative estimate of drug-likeness (QED) is 0.448. The van der Waals surface area contributed by atoms with Crippen molar-refractivity contribution in [2.24, 2.45) is 0 Å². The van der Waals surface area contributed by atoms with Crippen LogP contribution in [0.3, 0.4) is 0 Å². The number of esters is 1. The van der Waals surface area contributed by atoms with E-state index in [-0.39, 0.29) is 11.7 Å². The summed E-state index contributed by atoms with van der Waals surface area (Å²) in [6.07, 6.45) is 3.54. The third-order valence-corrected chi connectivity index (χ3v) is 5.74. The van der Waals surface area contributed by atoms with Gasteiger partial charge < -0.3 is 10.1 Å². The third kappa shape index (κ3) is 4.35. The lowest BCUT2D eigenvalue weighted by Gasteiger charge is -2.08. The van der Waals surface area contributed by atoms with Crippen LogP contribution in [0.1, 0.15) is 9.67 Å². The molecule has 0 atom stereocenters. The largest absolute Gasteiger partial charge is 0.465 e. The van der Waals surface area contributed by atoms with Crippen LogP contribution in [0.15, 0.2) is 57.7 Å². The molecule has 0 aliphatic carbocycles. The zero-order valence-corrected chi connectivity index (χ0v) is 16.9. The van der Waals surface area contributed by atoms with Crippen molar-refractivity contribution in [3.8, 4) is 5.69 Å². The topological polar surface area (TPSA) is 73.2 Å². The first-order valence-electron chi connectivity index (χ1n) is 7.46. The summed E-state index contributed by atoms with van der Waals surface area (Å²) in [5, 5.41) is 5.18. The summed E-state index contributed by atoms with van der Waals surface area (Å²) in [6, 6.07) is 9.50. The lowest BCUT2D eigenvalue weighted by Crippen LogP contribution is -2.16. The van der Waals surface area contributed by atoms with E-state index in [9.17, 15) is 9.59 Å². The molecule has 2 heterocycles. The molecule has 0 radical (unpaired) electrons. The maximum absolute atomic E-state index is 12.2. The first-order chi connectivity index (χ1) is 12.6. The number of anilines is 1. The van der Waals surface area contributed by atoms with Gasteiger partial charge in [-0.2, -0.15) is 0 Å². The smallest absolute Gasteiger partial charge is 0.350 e. The van der Waals surface area contributed by atoms with Crippen molar-refractivity contribution >= 4 is 56.6 Å². The van der Waals surface area contributed by atoms with Gasteiger partial charge in [-0.25, -0.2) is 9.78 Å². The number of benzene rings is 1. The summed E-state index contributed by atoms with van der Waals surface area (Å²) in [4.78, 5) is 28.6. The van der Waals surface area contributed by atoms with Gasteiger partial charge in [-0.1, -0.05) is 27.7 Å². The van der Waals surface area contributed by atoms with E-state index >= 15 is 0 Å². The zero-order chi connectivity index (χ0) is 18.5. The Morgan fingerprint density at radius 1 is 1.31 bits per heavy atom. The van der Waals surface area contributed by atoms with Gasteiger partial charge in [0, 0.05) is 22.6 Å². The van der Waals surface area contributed by atoms with Crippen molar-refractivity contribution in [3.05, 3.63) is 57.5 Å². The molecule has 3 rings (SSSR count). The van der Waals surface area contributed by atoms with Crippen LogP contribution in [-0.4, -0.2) is 34.3 Å². The summed E-state index contributed by atoms with van der Waals surface area (Å²) >= 11 is 5.95. The molecule has 6 nitrogen and oxygen atoms in total. The second kappa shape index (κ2) is 8.52. The number of nitrogens with one attached hydrogen (secondary N) is 1. The van der Waals surface area contributed by atoms with Gasteiger partial charge >= 0.3 is 5.97 Å². The highest BCUT2D eigenvalue weighted by atomic mass is 79.9. The fourth-order valence-corrected chi connectivity index (χ4v) is 3.97. The molecule has 134 valence electrons. The minimum Gasteiger partial charge on any atom is -0.465 e. The molecule has 1 aromatic carbocycles. The third-order valence-electron chi connectivity index (χ3n) is 3.35. The number of hydrogen-bond donors (Lipinski definition) is 1. The van der Waals surface area contributed by atoms with Crippen molar-refractivity contribution < 1.29 is 14.3 Å². The molecule has 0 spiro atoms. The van der Waals surface area contributed by atoms with E-state index in [0.717, 1.165) is 10.2 Å². The SMILES string of the molecule is COC(=O)c1sccc1NC(=O)CSc1nccn1-c1ccc(Br)cc1. The summed E-state index contributed by atoms with van der Waals surface area (Å²) in [7, 11) is 1.31. The molecule has 3 aromatic rings. The molecule has 1 N–H and O–H groups in total. The number of carbonyl (C=O) groups is 2. The highest BCUT2D eigenvalue weighted by Crippen LogP contribution is 2.25. The number of imidazole rings is 1. The Labute approximate surface area is 166 Å². The van der Waals surface area contributed by atoms with Gasteiger partial charge in [-0.05, 0) is 35.7 Å². The predicted molar refractivity (Wildman–Crippen MR) is 106 cm³/mol. The number of carbonyl (C=O) groups excluding carboxylic acids is 2. The standard InChI is InChI=1S/C17H14BrN3O3S2/c1-24-16(23)15-13(6-9-25-15)20-14(22)10-26-17-19-7-8-21(17)12-4-2-11(18)3-5-12/h2-9H,10H2,1H3,(H,20,22). The molecule has 1 amide bonds. The number of rotatable bonds is 6. The second-order valence-corrected chi connectivity index (χ2v) is 7.82. The summed E-state index contributed by atoms with van der Waals surface area (Å²) < 4.78 is 7.61. The molecular weight excluding hydrogens is 438 g/mol. The van der Waals surface area contributed by atoms with Gasteiger partial charge in [0.05, 0.1) is 18.6 Å². The maximum atomic E-state index is 12.2.